The molecule has 0 aromatic heterocycles. The molecule has 4 nitrogen and oxygen atoms in total. The van der Waals surface area contributed by atoms with Crippen molar-refractivity contribution in [3.05, 3.63) is 58.1 Å². The van der Waals surface area contributed by atoms with E-state index in [0.29, 0.717) is 6.54 Å². The van der Waals surface area contributed by atoms with Gasteiger partial charge in [-0.15, -0.1) is 0 Å². The quantitative estimate of drug-likeness (QED) is 0.696. The molecule has 2 aromatic rings. The number of amides is 1. The third-order valence-corrected chi connectivity index (χ3v) is 4.75. The molecule has 0 aliphatic rings. The second-order valence-corrected chi connectivity index (χ2v) is 8.18. The van der Waals surface area contributed by atoms with Gasteiger partial charge in [0.1, 0.15) is 0 Å². The number of anilines is 2. The van der Waals surface area contributed by atoms with Crippen LogP contribution in [-0.4, -0.2) is 11.7 Å². The first-order valence-corrected chi connectivity index (χ1v) is 9.26. The molecule has 2 N–H and O–H groups in total. The largest absolute Gasteiger partial charge is 0.381 e. The van der Waals surface area contributed by atoms with E-state index in [2.05, 4.69) is 23.6 Å². The van der Waals surface area contributed by atoms with Crippen molar-refractivity contribution in [1.82, 2.24) is 0 Å². The number of carbonyl (C=O) groups is 2. The maximum absolute atomic E-state index is 12.2. The highest BCUT2D eigenvalue weighted by Gasteiger charge is 2.21. The van der Waals surface area contributed by atoms with Crippen LogP contribution in [0, 0.1) is 26.2 Å². The summed E-state index contributed by atoms with van der Waals surface area (Å²) in [4.78, 5) is 24.2. The van der Waals surface area contributed by atoms with Gasteiger partial charge < -0.3 is 10.6 Å². The zero-order chi connectivity index (χ0) is 20.4. The first-order chi connectivity index (χ1) is 12.5. The Morgan fingerprint density at radius 2 is 1.59 bits per heavy atom. The summed E-state index contributed by atoms with van der Waals surface area (Å²) in [6, 6.07) is 9.76. The maximum atomic E-state index is 12.2. The molecule has 0 saturated carbocycles. The molecule has 0 bridgehead atoms. The molecule has 0 unspecified atom stereocenters. The van der Waals surface area contributed by atoms with Crippen LogP contribution < -0.4 is 10.6 Å². The van der Waals surface area contributed by atoms with Gasteiger partial charge in [-0.2, -0.15) is 0 Å². The van der Waals surface area contributed by atoms with Crippen molar-refractivity contribution in [1.29, 1.82) is 0 Å². The molecule has 144 valence electrons. The smallest absolute Gasteiger partial charge is 0.229 e. The molecule has 0 aliphatic carbocycles. The van der Waals surface area contributed by atoms with E-state index in [1.54, 1.807) is 6.92 Å². The second kappa shape index (κ2) is 7.95. The first-order valence-electron chi connectivity index (χ1n) is 9.26. The van der Waals surface area contributed by atoms with E-state index < -0.39 is 5.41 Å². The van der Waals surface area contributed by atoms with Crippen LogP contribution in [0.3, 0.4) is 0 Å². The van der Waals surface area contributed by atoms with Crippen molar-refractivity contribution >= 4 is 23.1 Å². The molecule has 27 heavy (non-hydrogen) atoms. The highest BCUT2D eigenvalue weighted by Crippen LogP contribution is 2.25. The number of benzene rings is 2. The van der Waals surface area contributed by atoms with Gasteiger partial charge >= 0.3 is 0 Å². The molecule has 2 aromatic carbocycles. The van der Waals surface area contributed by atoms with Crippen molar-refractivity contribution in [2.45, 2.75) is 55.0 Å². The lowest BCUT2D eigenvalue weighted by atomic mass is 9.91. The number of ketones is 1. The van der Waals surface area contributed by atoms with E-state index in [4.69, 9.17) is 0 Å². The molecule has 0 atom stereocenters. The van der Waals surface area contributed by atoms with Crippen LogP contribution in [0.1, 0.15) is 60.3 Å². The molecule has 0 spiro atoms. The van der Waals surface area contributed by atoms with Crippen LogP contribution in [0.15, 0.2) is 30.3 Å². The number of hydrogen-bond donors (Lipinski definition) is 2. The number of carbonyl (C=O) groups excluding carboxylic acids is 2. The van der Waals surface area contributed by atoms with Gasteiger partial charge in [0.05, 0.1) is 0 Å². The van der Waals surface area contributed by atoms with Crippen LogP contribution in [0.2, 0.25) is 0 Å². The van der Waals surface area contributed by atoms with Crippen molar-refractivity contribution in [2.24, 2.45) is 5.41 Å². The van der Waals surface area contributed by atoms with Gasteiger partial charge in [0.25, 0.3) is 0 Å². The minimum Gasteiger partial charge on any atom is -0.381 e. The Bertz CT molecular complexity index is 877. The van der Waals surface area contributed by atoms with Gasteiger partial charge in [-0.1, -0.05) is 32.9 Å². The number of nitrogens with one attached hydrogen (secondary N) is 2. The van der Waals surface area contributed by atoms with E-state index in [1.165, 1.54) is 5.56 Å². The summed E-state index contributed by atoms with van der Waals surface area (Å²) in [7, 11) is 0. The minimum absolute atomic E-state index is 0.0176. The third kappa shape index (κ3) is 4.97. The Labute approximate surface area is 162 Å². The van der Waals surface area contributed by atoms with Gasteiger partial charge in [0, 0.05) is 28.9 Å². The lowest BCUT2D eigenvalue weighted by Crippen LogP contribution is -2.27. The molecule has 0 fully saturated rings. The summed E-state index contributed by atoms with van der Waals surface area (Å²) in [6.07, 6.45) is 0. The lowest BCUT2D eigenvalue weighted by molar-refractivity contribution is -0.123. The highest BCUT2D eigenvalue weighted by atomic mass is 16.2. The number of hydrogen-bond acceptors (Lipinski definition) is 3. The summed E-state index contributed by atoms with van der Waals surface area (Å²) in [5.74, 6) is 0.0779. The molecule has 2 rings (SSSR count). The molecular weight excluding hydrogens is 336 g/mol. The standard InChI is InChI=1S/C23H30N2O2/c1-14-11-15(2)21(17(4)26)16(3)20(14)13-24-18-9-8-10-19(12-18)25-22(27)23(5,6)7/h8-12,24H,13H2,1-7H3,(H,25,27). The SMILES string of the molecule is CC(=O)c1c(C)cc(C)c(CNc2cccc(NC(=O)C(C)(C)C)c2)c1C. The van der Waals surface area contributed by atoms with E-state index in [1.807, 2.05) is 58.9 Å². The van der Waals surface area contributed by atoms with Crippen LogP contribution >= 0.6 is 0 Å². The average molecular weight is 367 g/mol. The average Bonchev–Trinajstić information content (AvgIpc) is 2.53. The van der Waals surface area contributed by atoms with Gasteiger partial charge in [-0.05, 0) is 68.1 Å². The topological polar surface area (TPSA) is 58.2 Å². The fraction of sp³-hybridized carbons (Fsp3) is 0.391. The lowest BCUT2D eigenvalue weighted by Gasteiger charge is -2.19. The van der Waals surface area contributed by atoms with E-state index in [0.717, 1.165) is 33.6 Å². The van der Waals surface area contributed by atoms with Crippen molar-refractivity contribution in [2.75, 3.05) is 10.6 Å². The summed E-state index contributed by atoms with van der Waals surface area (Å²) < 4.78 is 0. The van der Waals surface area contributed by atoms with Gasteiger partial charge in [-0.3, -0.25) is 9.59 Å². The normalized spacial score (nSPS) is 11.2. The number of aryl methyl sites for hydroxylation is 2. The molecule has 0 radical (unpaired) electrons. The number of rotatable bonds is 5. The highest BCUT2D eigenvalue weighted by molar-refractivity contribution is 5.97. The minimum atomic E-state index is -0.442. The Morgan fingerprint density at radius 1 is 0.963 bits per heavy atom. The van der Waals surface area contributed by atoms with Crippen molar-refractivity contribution < 1.29 is 9.59 Å². The Kier molecular flexibility index (Phi) is 6.09. The van der Waals surface area contributed by atoms with Gasteiger partial charge in [-0.25, -0.2) is 0 Å². The van der Waals surface area contributed by atoms with Crippen LogP contribution in [0.4, 0.5) is 11.4 Å². The van der Waals surface area contributed by atoms with Gasteiger partial charge in [0.2, 0.25) is 5.91 Å². The van der Waals surface area contributed by atoms with E-state index in [-0.39, 0.29) is 11.7 Å². The summed E-state index contributed by atoms with van der Waals surface area (Å²) >= 11 is 0. The van der Waals surface area contributed by atoms with Gasteiger partial charge in [0.15, 0.2) is 5.78 Å². The fourth-order valence-electron chi connectivity index (χ4n) is 3.26. The Balaban J connectivity index is 2.21. The summed E-state index contributed by atoms with van der Waals surface area (Å²) in [5, 5.41) is 6.37. The predicted octanol–water partition coefficient (Wildman–Crippen LogP) is 5.41. The molecule has 0 saturated heterocycles. The summed E-state index contributed by atoms with van der Waals surface area (Å²) in [5.41, 5.74) is 6.41. The fourth-order valence-corrected chi connectivity index (χ4v) is 3.26. The molecular formula is C23H30N2O2. The molecule has 1 amide bonds. The first kappa shape index (κ1) is 20.7. The second-order valence-electron chi connectivity index (χ2n) is 8.18. The molecule has 4 heteroatoms. The predicted molar refractivity (Wildman–Crippen MR) is 113 cm³/mol. The molecule has 0 aliphatic heterocycles. The molecule has 0 heterocycles. The van der Waals surface area contributed by atoms with Crippen LogP contribution in [0.25, 0.3) is 0 Å². The van der Waals surface area contributed by atoms with E-state index in [9.17, 15) is 9.59 Å². The van der Waals surface area contributed by atoms with Crippen LogP contribution in [0.5, 0.6) is 0 Å². The Morgan fingerprint density at radius 3 is 2.19 bits per heavy atom. The monoisotopic (exact) mass is 366 g/mol. The Hall–Kier alpha value is -2.62. The van der Waals surface area contributed by atoms with Crippen LogP contribution in [-0.2, 0) is 11.3 Å². The third-order valence-electron chi connectivity index (χ3n) is 4.75. The van der Waals surface area contributed by atoms with Crippen molar-refractivity contribution in [3.8, 4) is 0 Å². The number of Topliss-reactive ketones (excluding diaryl/α,β-unsaturated/α-hetero) is 1. The zero-order valence-electron chi connectivity index (χ0n) is 17.4. The van der Waals surface area contributed by atoms with Crippen molar-refractivity contribution in [3.63, 3.8) is 0 Å². The zero-order valence-corrected chi connectivity index (χ0v) is 17.4. The van der Waals surface area contributed by atoms with E-state index >= 15 is 0 Å². The summed E-state index contributed by atoms with van der Waals surface area (Å²) in [6.45, 7) is 14.0. The maximum Gasteiger partial charge on any atom is 0.229 e.